The SMILES string of the molecule is CCCC(=O)OC(O)(C/C=C/C(C)O)OC(=O)CCC. The summed E-state index contributed by atoms with van der Waals surface area (Å²) in [7, 11) is 0. The van der Waals surface area contributed by atoms with Gasteiger partial charge in [-0.3, -0.25) is 9.59 Å². The lowest BCUT2D eigenvalue weighted by atomic mass is 10.2. The van der Waals surface area contributed by atoms with Gasteiger partial charge in [0.2, 0.25) is 0 Å². The van der Waals surface area contributed by atoms with Crippen LogP contribution in [0.3, 0.4) is 0 Å². The summed E-state index contributed by atoms with van der Waals surface area (Å²) in [4.78, 5) is 22.9. The van der Waals surface area contributed by atoms with E-state index >= 15 is 0 Å². The molecule has 6 heteroatoms. The van der Waals surface area contributed by atoms with Crippen LogP contribution in [0.2, 0.25) is 0 Å². The van der Waals surface area contributed by atoms with E-state index in [1.54, 1.807) is 13.8 Å². The highest BCUT2D eigenvalue weighted by Gasteiger charge is 2.34. The first-order valence-corrected chi connectivity index (χ1v) is 6.83. The van der Waals surface area contributed by atoms with Gasteiger partial charge < -0.3 is 19.7 Å². The molecule has 0 amide bonds. The van der Waals surface area contributed by atoms with Gasteiger partial charge in [-0.2, -0.15) is 0 Å². The molecule has 0 fully saturated rings. The molecule has 0 aliphatic rings. The Kier molecular flexibility index (Phi) is 8.83. The van der Waals surface area contributed by atoms with E-state index in [-0.39, 0.29) is 19.3 Å². The second-order valence-corrected chi connectivity index (χ2v) is 4.53. The number of rotatable bonds is 9. The van der Waals surface area contributed by atoms with Crippen LogP contribution < -0.4 is 0 Å². The Balaban J connectivity index is 4.73. The van der Waals surface area contributed by atoms with Crippen LogP contribution in [0.4, 0.5) is 0 Å². The number of carbonyl (C=O) groups excluding carboxylic acids is 2. The van der Waals surface area contributed by atoms with Gasteiger partial charge in [-0.1, -0.05) is 26.0 Å². The molecule has 6 nitrogen and oxygen atoms in total. The second kappa shape index (κ2) is 9.50. The van der Waals surface area contributed by atoms with Crippen LogP contribution in [-0.2, 0) is 19.1 Å². The third-order valence-electron chi connectivity index (χ3n) is 2.25. The minimum Gasteiger partial charge on any atom is -0.398 e. The molecule has 0 heterocycles. The fourth-order valence-corrected chi connectivity index (χ4v) is 1.38. The fraction of sp³-hybridized carbons (Fsp3) is 0.714. The molecule has 20 heavy (non-hydrogen) atoms. The third kappa shape index (κ3) is 8.66. The maximum Gasteiger partial charge on any atom is 0.376 e. The number of aliphatic hydroxyl groups is 2. The van der Waals surface area contributed by atoms with Gasteiger partial charge in [0.15, 0.2) is 0 Å². The smallest absolute Gasteiger partial charge is 0.376 e. The van der Waals surface area contributed by atoms with Crippen molar-refractivity contribution in [1.29, 1.82) is 0 Å². The van der Waals surface area contributed by atoms with E-state index in [2.05, 4.69) is 0 Å². The Morgan fingerprint density at radius 1 is 1.15 bits per heavy atom. The molecule has 0 radical (unpaired) electrons. The molecule has 0 bridgehead atoms. The summed E-state index contributed by atoms with van der Waals surface area (Å²) in [6.45, 7) is 5.11. The molecule has 0 saturated carbocycles. The van der Waals surface area contributed by atoms with E-state index < -0.39 is 24.0 Å². The van der Waals surface area contributed by atoms with Crippen LogP contribution in [0.25, 0.3) is 0 Å². The quantitative estimate of drug-likeness (QED) is 0.380. The van der Waals surface area contributed by atoms with E-state index in [4.69, 9.17) is 14.6 Å². The average Bonchev–Trinajstić information content (AvgIpc) is 2.27. The lowest BCUT2D eigenvalue weighted by molar-refractivity contribution is -0.323. The highest BCUT2D eigenvalue weighted by atomic mass is 16.8. The van der Waals surface area contributed by atoms with Crippen molar-refractivity contribution in [3.8, 4) is 0 Å². The van der Waals surface area contributed by atoms with Crippen molar-refractivity contribution in [2.45, 2.75) is 65.0 Å². The molecular weight excluding hydrogens is 264 g/mol. The van der Waals surface area contributed by atoms with Crippen LogP contribution in [0.5, 0.6) is 0 Å². The summed E-state index contributed by atoms with van der Waals surface area (Å²) in [6.07, 6.45) is 3.19. The van der Waals surface area contributed by atoms with Crippen molar-refractivity contribution < 1.29 is 29.3 Å². The molecule has 0 aromatic heterocycles. The monoisotopic (exact) mass is 288 g/mol. The molecule has 0 spiro atoms. The molecular formula is C14H24O6. The third-order valence-corrected chi connectivity index (χ3v) is 2.25. The summed E-state index contributed by atoms with van der Waals surface area (Å²) in [6, 6.07) is 0. The van der Waals surface area contributed by atoms with E-state index in [0.717, 1.165) is 0 Å². The van der Waals surface area contributed by atoms with Crippen molar-refractivity contribution in [2.75, 3.05) is 0 Å². The van der Waals surface area contributed by atoms with Crippen molar-refractivity contribution in [3.05, 3.63) is 12.2 Å². The number of hydrogen-bond donors (Lipinski definition) is 2. The molecule has 2 N–H and O–H groups in total. The van der Waals surface area contributed by atoms with Gasteiger partial charge in [-0.05, 0) is 19.8 Å². The van der Waals surface area contributed by atoms with Gasteiger partial charge >= 0.3 is 17.9 Å². The predicted molar refractivity (Wildman–Crippen MR) is 72.4 cm³/mol. The standard InChI is InChI=1S/C14H24O6/c1-4-7-12(16)19-14(18,10-6-9-11(3)15)20-13(17)8-5-2/h6,9,11,15,18H,4-5,7-8,10H2,1-3H3/b9-6+. The molecule has 1 atom stereocenters. The van der Waals surface area contributed by atoms with Gasteiger partial charge in [0, 0.05) is 12.8 Å². The molecule has 0 aromatic carbocycles. The minimum absolute atomic E-state index is 0.119. The van der Waals surface area contributed by atoms with Crippen LogP contribution in [0, 0.1) is 0 Å². The van der Waals surface area contributed by atoms with Gasteiger partial charge in [-0.15, -0.1) is 0 Å². The minimum atomic E-state index is -2.32. The van der Waals surface area contributed by atoms with Crippen LogP contribution in [0.15, 0.2) is 12.2 Å². The first-order valence-electron chi connectivity index (χ1n) is 6.83. The first-order chi connectivity index (χ1) is 9.33. The Morgan fingerprint density at radius 2 is 1.60 bits per heavy atom. The van der Waals surface area contributed by atoms with Crippen LogP contribution in [-0.4, -0.2) is 34.2 Å². The Labute approximate surface area is 119 Å². The zero-order valence-corrected chi connectivity index (χ0v) is 12.3. The lowest BCUT2D eigenvalue weighted by Gasteiger charge is -2.26. The Hall–Kier alpha value is -1.40. The number of esters is 2. The number of aliphatic hydroxyl groups excluding tert-OH is 1. The molecule has 116 valence electrons. The van der Waals surface area contributed by atoms with E-state index in [0.29, 0.717) is 12.8 Å². The first kappa shape index (κ1) is 18.6. The highest BCUT2D eigenvalue weighted by Crippen LogP contribution is 2.18. The molecule has 0 aliphatic heterocycles. The van der Waals surface area contributed by atoms with Gasteiger partial charge in [0.05, 0.1) is 12.5 Å². The maximum absolute atomic E-state index is 11.4. The lowest BCUT2D eigenvalue weighted by Crippen LogP contribution is -2.39. The van der Waals surface area contributed by atoms with Crippen molar-refractivity contribution in [3.63, 3.8) is 0 Å². The summed E-state index contributed by atoms with van der Waals surface area (Å²) >= 11 is 0. The maximum atomic E-state index is 11.4. The summed E-state index contributed by atoms with van der Waals surface area (Å²) in [5, 5.41) is 19.2. The van der Waals surface area contributed by atoms with Crippen LogP contribution >= 0.6 is 0 Å². The Bertz CT molecular complexity index is 315. The summed E-state index contributed by atoms with van der Waals surface area (Å²) < 4.78 is 9.64. The van der Waals surface area contributed by atoms with E-state index in [1.165, 1.54) is 19.1 Å². The number of carbonyl (C=O) groups is 2. The van der Waals surface area contributed by atoms with Crippen molar-refractivity contribution in [2.24, 2.45) is 0 Å². The highest BCUT2D eigenvalue weighted by molar-refractivity contribution is 5.71. The van der Waals surface area contributed by atoms with Gasteiger partial charge in [0.1, 0.15) is 0 Å². The number of ether oxygens (including phenoxy) is 2. The van der Waals surface area contributed by atoms with Gasteiger partial charge in [0.25, 0.3) is 0 Å². The zero-order valence-electron chi connectivity index (χ0n) is 12.3. The molecule has 1 unspecified atom stereocenters. The normalized spacial score (nSPS) is 13.2. The average molecular weight is 288 g/mol. The molecule has 0 aliphatic carbocycles. The van der Waals surface area contributed by atoms with Crippen LogP contribution in [0.1, 0.15) is 52.9 Å². The summed E-state index contributed by atoms with van der Waals surface area (Å²) in [5.74, 6) is -3.61. The van der Waals surface area contributed by atoms with Gasteiger partial charge in [-0.25, -0.2) is 0 Å². The molecule has 0 aromatic rings. The largest absolute Gasteiger partial charge is 0.398 e. The van der Waals surface area contributed by atoms with Crippen molar-refractivity contribution >= 4 is 11.9 Å². The zero-order chi connectivity index (χ0) is 15.6. The second-order valence-electron chi connectivity index (χ2n) is 4.53. The topological polar surface area (TPSA) is 93.1 Å². The van der Waals surface area contributed by atoms with E-state index in [1.807, 2.05) is 0 Å². The summed E-state index contributed by atoms with van der Waals surface area (Å²) in [5.41, 5.74) is 0. The van der Waals surface area contributed by atoms with E-state index in [9.17, 15) is 14.7 Å². The number of hydrogen-bond acceptors (Lipinski definition) is 6. The predicted octanol–water partition coefficient (Wildman–Crippen LogP) is 1.65. The molecule has 0 saturated heterocycles. The van der Waals surface area contributed by atoms with Crippen molar-refractivity contribution in [1.82, 2.24) is 0 Å². The molecule has 0 rings (SSSR count). The fourth-order valence-electron chi connectivity index (χ4n) is 1.38. The Morgan fingerprint density at radius 3 is 1.95 bits per heavy atom.